The first-order valence-corrected chi connectivity index (χ1v) is 13.0. The molecule has 1 atom stereocenters. The molecule has 0 spiro atoms. The molecule has 4 nitrogen and oxygen atoms in total. The molecule has 1 fully saturated rings. The highest BCUT2D eigenvalue weighted by molar-refractivity contribution is 5.98. The van der Waals surface area contributed by atoms with Crippen LogP contribution in [0, 0.1) is 0 Å². The molecule has 0 bridgehead atoms. The van der Waals surface area contributed by atoms with E-state index in [1.165, 1.54) is 70.9 Å². The van der Waals surface area contributed by atoms with Gasteiger partial charge >= 0.3 is 0 Å². The SMILES string of the molecule is COc1cc(OC)c2c(c1)-c1ccc3ccccc3c1C2c1ccc(OCCN2CCCCC2)cc1. The lowest BCUT2D eigenvalue weighted by atomic mass is 9.86. The van der Waals surface area contributed by atoms with Crippen LogP contribution in [0.4, 0.5) is 0 Å². The lowest BCUT2D eigenvalue weighted by Crippen LogP contribution is -2.33. The number of ether oxygens (including phenoxy) is 3. The molecule has 184 valence electrons. The molecule has 1 aliphatic heterocycles. The molecule has 4 aromatic rings. The molecule has 6 rings (SSSR count). The predicted molar refractivity (Wildman–Crippen MR) is 146 cm³/mol. The third-order valence-electron chi connectivity index (χ3n) is 7.75. The van der Waals surface area contributed by atoms with Gasteiger partial charge in [-0.1, -0.05) is 55.0 Å². The number of benzene rings is 4. The average Bonchev–Trinajstić information content (AvgIpc) is 3.28. The van der Waals surface area contributed by atoms with Gasteiger partial charge in [0.2, 0.25) is 0 Å². The van der Waals surface area contributed by atoms with Crippen LogP contribution in [-0.4, -0.2) is 45.4 Å². The monoisotopic (exact) mass is 479 g/mol. The van der Waals surface area contributed by atoms with Gasteiger partial charge in [0, 0.05) is 24.1 Å². The van der Waals surface area contributed by atoms with Crippen LogP contribution in [0.25, 0.3) is 21.9 Å². The first-order chi connectivity index (χ1) is 17.8. The van der Waals surface area contributed by atoms with Crippen LogP contribution in [-0.2, 0) is 0 Å². The zero-order valence-corrected chi connectivity index (χ0v) is 21.1. The molecule has 0 amide bonds. The van der Waals surface area contributed by atoms with E-state index < -0.39 is 0 Å². The summed E-state index contributed by atoms with van der Waals surface area (Å²) in [5.41, 5.74) is 6.18. The summed E-state index contributed by atoms with van der Waals surface area (Å²) in [6, 6.07) is 25.9. The number of rotatable bonds is 7. The van der Waals surface area contributed by atoms with Crippen LogP contribution in [0.3, 0.4) is 0 Å². The van der Waals surface area contributed by atoms with Crippen molar-refractivity contribution in [3.05, 3.63) is 89.5 Å². The number of hydrogen-bond donors (Lipinski definition) is 0. The van der Waals surface area contributed by atoms with Gasteiger partial charge in [-0.05, 0) is 77.2 Å². The predicted octanol–water partition coefficient (Wildman–Crippen LogP) is 6.88. The average molecular weight is 480 g/mol. The van der Waals surface area contributed by atoms with Crippen molar-refractivity contribution in [1.82, 2.24) is 4.90 Å². The van der Waals surface area contributed by atoms with E-state index in [0.717, 1.165) is 30.4 Å². The van der Waals surface area contributed by atoms with Gasteiger partial charge in [0.05, 0.1) is 14.2 Å². The lowest BCUT2D eigenvalue weighted by Gasteiger charge is -2.26. The third-order valence-corrected chi connectivity index (χ3v) is 7.75. The fourth-order valence-electron chi connectivity index (χ4n) is 5.96. The normalized spacial score (nSPS) is 17.0. The van der Waals surface area contributed by atoms with Crippen molar-refractivity contribution in [3.63, 3.8) is 0 Å². The topological polar surface area (TPSA) is 30.9 Å². The summed E-state index contributed by atoms with van der Waals surface area (Å²) in [6.07, 6.45) is 3.98. The van der Waals surface area contributed by atoms with Gasteiger partial charge < -0.3 is 14.2 Å². The van der Waals surface area contributed by atoms with Gasteiger partial charge in [-0.3, -0.25) is 4.90 Å². The zero-order chi connectivity index (χ0) is 24.5. The van der Waals surface area contributed by atoms with E-state index in [-0.39, 0.29) is 5.92 Å². The summed E-state index contributed by atoms with van der Waals surface area (Å²) in [4.78, 5) is 2.51. The molecule has 1 unspecified atom stereocenters. The molecular formula is C32H33NO3. The van der Waals surface area contributed by atoms with Gasteiger partial charge in [0.1, 0.15) is 23.9 Å². The number of hydrogen-bond acceptors (Lipinski definition) is 4. The van der Waals surface area contributed by atoms with Gasteiger partial charge in [0.15, 0.2) is 0 Å². The Kier molecular flexibility index (Phi) is 6.28. The molecule has 1 aliphatic carbocycles. The Morgan fingerprint density at radius 1 is 0.750 bits per heavy atom. The van der Waals surface area contributed by atoms with Gasteiger partial charge in [-0.15, -0.1) is 0 Å². The third kappa shape index (κ3) is 4.10. The lowest BCUT2D eigenvalue weighted by molar-refractivity contribution is 0.183. The maximum atomic E-state index is 6.13. The minimum atomic E-state index is 0.0735. The van der Waals surface area contributed by atoms with Crippen molar-refractivity contribution in [3.8, 4) is 28.4 Å². The number of methoxy groups -OCH3 is 2. The second-order valence-corrected chi connectivity index (χ2v) is 9.79. The first kappa shape index (κ1) is 22.9. The molecule has 36 heavy (non-hydrogen) atoms. The van der Waals surface area contributed by atoms with Crippen molar-refractivity contribution >= 4 is 10.8 Å². The summed E-state index contributed by atoms with van der Waals surface area (Å²) < 4.78 is 17.7. The largest absolute Gasteiger partial charge is 0.497 e. The number of nitrogens with zero attached hydrogens (tertiary/aromatic N) is 1. The molecule has 4 heteroatoms. The van der Waals surface area contributed by atoms with E-state index in [0.29, 0.717) is 0 Å². The Hall–Kier alpha value is -3.50. The van der Waals surface area contributed by atoms with Crippen LogP contribution in [0.5, 0.6) is 17.2 Å². The Morgan fingerprint density at radius 2 is 1.56 bits per heavy atom. The minimum Gasteiger partial charge on any atom is -0.497 e. The fraction of sp³-hybridized carbons (Fsp3) is 0.312. The highest BCUT2D eigenvalue weighted by Crippen LogP contribution is 2.55. The summed E-state index contributed by atoms with van der Waals surface area (Å²) in [6.45, 7) is 4.12. The van der Waals surface area contributed by atoms with E-state index in [1.807, 2.05) is 6.07 Å². The summed E-state index contributed by atoms with van der Waals surface area (Å²) >= 11 is 0. The van der Waals surface area contributed by atoms with Crippen LogP contribution < -0.4 is 14.2 Å². The van der Waals surface area contributed by atoms with Crippen LogP contribution in [0.2, 0.25) is 0 Å². The van der Waals surface area contributed by atoms with Crippen LogP contribution >= 0.6 is 0 Å². The highest BCUT2D eigenvalue weighted by Gasteiger charge is 2.35. The second kappa shape index (κ2) is 9.87. The number of likely N-dealkylation sites (tertiary alicyclic amines) is 1. The molecule has 4 aromatic carbocycles. The Balaban J connectivity index is 1.37. The Morgan fingerprint density at radius 3 is 2.33 bits per heavy atom. The van der Waals surface area contributed by atoms with Crippen molar-refractivity contribution in [2.75, 3.05) is 40.5 Å². The molecule has 1 saturated heterocycles. The van der Waals surface area contributed by atoms with E-state index in [1.54, 1.807) is 14.2 Å². The molecular weight excluding hydrogens is 446 g/mol. The fourth-order valence-corrected chi connectivity index (χ4v) is 5.96. The van der Waals surface area contributed by atoms with E-state index in [4.69, 9.17) is 14.2 Å². The maximum Gasteiger partial charge on any atom is 0.127 e. The molecule has 2 aliphatic rings. The Bertz CT molecular complexity index is 1370. The van der Waals surface area contributed by atoms with Gasteiger partial charge in [-0.2, -0.15) is 0 Å². The summed E-state index contributed by atoms with van der Waals surface area (Å²) in [5, 5.41) is 2.52. The van der Waals surface area contributed by atoms with Crippen molar-refractivity contribution < 1.29 is 14.2 Å². The smallest absolute Gasteiger partial charge is 0.127 e. The van der Waals surface area contributed by atoms with Crippen molar-refractivity contribution in [2.45, 2.75) is 25.2 Å². The van der Waals surface area contributed by atoms with E-state index >= 15 is 0 Å². The van der Waals surface area contributed by atoms with Gasteiger partial charge in [0.25, 0.3) is 0 Å². The maximum absolute atomic E-state index is 6.13. The molecule has 0 radical (unpaired) electrons. The molecule has 1 heterocycles. The quantitative estimate of drug-likeness (QED) is 0.255. The molecule has 0 saturated carbocycles. The van der Waals surface area contributed by atoms with Crippen LogP contribution in [0.1, 0.15) is 41.9 Å². The Labute approximate surface area is 213 Å². The summed E-state index contributed by atoms with van der Waals surface area (Å²) in [7, 11) is 3.45. The standard InChI is InChI=1S/C32H33NO3/c1-34-25-20-28-27-15-12-22-8-4-5-9-26(22)31(27)30(32(28)29(21-25)35-2)23-10-13-24(14-11-23)36-19-18-33-16-6-3-7-17-33/h4-5,8-15,20-21,30H,3,6-7,16-19H2,1-2H3. The highest BCUT2D eigenvalue weighted by atomic mass is 16.5. The number of fused-ring (bicyclic) bond motifs is 5. The second-order valence-electron chi connectivity index (χ2n) is 9.79. The first-order valence-electron chi connectivity index (χ1n) is 13.0. The van der Waals surface area contributed by atoms with Gasteiger partial charge in [-0.25, -0.2) is 0 Å². The van der Waals surface area contributed by atoms with E-state index in [9.17, 15) is 0 Å². The van der Waals surface area contributed by atoms with E-state index in [2.05, 4.69) is 71.6 Å². The zero-order valence-electron chi connectivity index (χ0n) is 21.1. The molecule has 0 N–H and O–H groups in total. The molecule has 0 aromatic heterocycles. The van der Waals surface area contributed by atoms with Crippen molar-refractivity contribution in [2.24, 2.45) is 0 Å². The minimum absolute atomic E-state index is 0.0735. The van der Waals surface area contributed by atoms with Crippen LogP contribution in [0.15, 0.2) is 72.8 Å². The number of piperidine rings is 1. The van der Waals surface area contributed by atoms with Crippen molar-refractivity contribution in [1.29, 1.82) is 0 Å². The summed E-state index contributed by atoms with van der Waals surface area (Å²) in [5.74, 6) is 2.66.